The number of nitrogens with one attached hydrogen (secondary N) is 1. The van der Waals surface area contributed by atoms with Crippen molar-refractivity contribution in [1.29, 1.82) is 0 Å². The van der Waals surface area contributed by atoms with Crippen molar-refractivity contribution in [3.8, 4) is 0 Å². The molecular formula is C11H13N3O2S2. The Balaban J connectivity index is 1.96. The summed E-state index contributed by atoms with van der Waals surface area (Å²) in [5.41, 5.74) is 1.88. The molecule has 96 valence electrons. The fraction of sp³-hybridized carbons (Fsp3) is 0.455. The topological polar surface area (TPSA) is 67.8 Å². The molecule has 1 atom stereocenters. The molecule has 1 saturated heterocycles. The second kappa shape index (κ2) is 4.17. The molecule has 1 unspecified atom stereocenters. The van der Waals surface area contributed by atoms with E-state index in [9.17, 15) is 8.42 Å². The first-order chi connectivity index (χ1) is 8.55. The largest absolute Gasteiger partial charge is 0.329 e. The second-order valence-corrected chi connectivity index (χ2v) is 7.32. The Morgan fingerprint density at radius 2 is 2.39 bits per heavy atom. The molecule has 18 heavy (non-hydrogen) atoms. The summed E-state index contributed by atoms with van der Waals surface area (Å²) in [6, 6.07) is 1.89. The Hall–Kier alpha value is -1.21. The predicted molar refractivity (Wildman–Crippen MR) is 71.7 cm³/mol. The van der Waals surface area contributed by atoms with Crippen molar-refractivity contribution in [1.82, 2.24) is 14.5 Å². The van der Waals surface area contributed by atoms with Crippen molar-refractivity contribution < 1.29 is 8.42 Å². The third kappa shape index (κ3) is 2.08. The lowest BCUT2D eigenvalue weighted by Crippen LogP contribution is -2.12. The van der Waals surface area contributed by atoms with Gasteiger partial charge in [-0.3, -0.25) is 4.98 Å². The van der Waals surface area contributed by atoms with Crippen LogP contribution in [-0.2, 0) is 16.4 Å². The molecule has 0 spiro atoms. The molecule has 0 amide bonds. The lowest BCUT2D eigenvalue weighted by Gasteiger charge is -2.09. The van der Waals surface area contributed by atoms with Gasteiger partial charge in [0.1, 0.15) is 0 Å². The Kier molecular flexibility index (Phi) is 2.74. The average Bonchev–Trinajstić information content (AvgIpc) is 2.81. The summed E-state index contributed by atoms with van der Waals surface area (Å²) >= 11 is 5.27. The molecule has 0 bridgehead atoms. The minimum atomic E-state index is -2.83. The summed E-state index contributed by atoms with van der Waals surface area (Å²) in [6.45, 7) is 0.655. The molecule has 2 aromatic rings. The first-order valence-electron chi connectivity index (χ1n) is 5.78. The smallest absolute Gasteiger partial charge is 0.178 e. The van der Waals surface area contributed by atoms with Crippen molar-refractivity contribution in [2.75, 3.05) is 11.5 Å². The Morgan fingerprint density at radius 1 is 1.56 bits per heavy atom. The number of pyridine rings is 1. The maximum Gasteiger partial charge on any atom is 0.178 e. The lowest BCUT2D eigenvalue weighted by atomic mass is 10.1. The SMILES string of the molecule is O=S1(=O)CCC(Cn2c(=S)[nH]c3cnccc32)C1. The van der Waals surface area contributed by atoms with E-state index in [0.29, 0.717) is 17.1 Å². The fourth-order valence-electron chi connectivity index (χ4n) is 2.47. The minimum Gasteiger partial charge on any atom is -0.329 e. The van der Waals surface area contributed by atoms with E-state index in [1.807, 2.05) is 10.6 Å². The first kappa shape index (κ1) is 11.9. The molecule has 0 aliphatic carbocycles. The van der Waals surface area contributed by atoms with E-state index >= 15 is 0 Å². The highest BCUT2D eigenvalue weighted by Gasteiger charge is 2.28. The summed E-state index contributed by atoms with van der Waals surface area (Å²) in [6.07, 6.45) is 4.17. The van der Waals surface area contributed by atoms with Crippen LogP contribution >= 0.6 is 12.2 Å². The third-order valence-corrected chi connectivity index (χ3v) is 5.50. The van der Waals surface area contributed by atoms with E-state index < -0.39 is 9.84 Å². The summed E-state index contributed by atoms with van der Waals surface area (Å²) in [5.74, 6) is 0.732. The molecule has 0 radical (unpaired) electrons. The fourth-order valence-corrected chi connectivity index (χ4v) is 4.60. The predicted octanol–water partition coefficient (Wildman–Crippen LogP) is 1.53. The van der Waals surface area contributed by atoms with Gasteiger partial charge in [-0.05, 0) is 30.6 Å². The van der Waals surface area contributed by atoms with Crippen LogP contribution in [-0.4, -0.2) is 34.5 Å². The molecule has 3 rings (SSSR count). The molecule has 2 aromatic heterocycles. The number of aromatic amines is 1. The number of imidazole rings is 1. The van der Waals surface area contributed by atoms with E-state index in [4.69, 9.17) is 12.2 Å². The zero-order valence-corrected chi connectivity index (χ0v) is 11.3. The van der Waals surface area contributed by atoms with Gasteiger partial charge in [0.25, 0.3) is 0 Å². The summed E-state index contributed by atoms with van der Waals surface area (Å²) in [4.78, 5) is 7.12. The standard InChI is InChI=1S/C11H13N3O2S2/c15-18(16)4-2-8(7-18)6-14-10-1-3-12-5-9(10)13-11(14)17/h1,3,5,8H,2,4,6-7H2,(H,13,17). The Labute approximate surface area is 110 Å². The van der Waals surface area contributed by atoms with Crippen molar-refractivity contribution in [2.24, 2.45) is 5.92 Å². The Morgan fingerprint density at radius 3 is 3.11 bits per heavy atom. The second-order valence-electron chi connectivity index (χ2n) is 4.70. The highest BCUT2D eigenvalue weighted by Crippen LogP contribution is 2.22. The molecule has 1 aliphatic heterocycles. The van der Waals surface area contributed by atoms with E-state index in [1.54, 1.807) is 12.4 Å². The molecule has 5 nitrogen and oxygen atoms in total. The van der Waals surface area contributed by atoms with Crippen molar-refractivity contribution in [3.63, 3.8) is 0 Å². The van der Waals surface area contributed by atoms with Crippen LogP contribution in [0.5, 0.6) is 0 Å². The first-order valence-corrected chi connectivity index (χ1v) is 8.01. The van der Waals surface area contributed by atoms with E-state index in [0.717, 1.165) is 17.5 Å². The minimum absolute atomic E-state index is 0.161. The summed E-state index contributed by atoms with van der Waals surface area (Å²) in [5, 5.41) is 0. The molecule has 1 fully saturated rings. The summed E-state index contributed by atoms with van der Waals surface area (Å²) < 4.78 is 25.5. The van der Waals surface area contributed by atoms with Crippen molar-refractivity contribution in [2.45, 2.75) is 13.0 Å². The third-order valence-electron chi connectivity index (χ3n) is 3.34. The van der Waals surface area contributed by atoms with Crippen LogP contribution in [0.15, 0.2) is 18.5 Å². The molecule has 7 heteroatoms. The van der Waals surface area contributed by atoms with Crippen LogP contribution in [0.25, 0.3) is 11.0 Å². The van der Waals surface area contributed by atoms with Crippen LogP contribution in [0.1, 0.15) is 6.42 Å². The highest BCUT2D eigenvalue weighted by molar-refractivity contribution is 7.91. The van der Waals surface area contributed by atoms with Gasteiger partial charge >= 0.3 is 0 Å². The van der Waals surface area contributed by atoms with Crippen LogP contribution in [0.4, 0.5) is 0 Å². The zero-order valence-electron chi connectivity index (χ0n) is 9.67. The maximum atomic E-state index is 11.5. The number of hydrogen-bond acceptors (Lipinski definition) is 4. The quantitative estimate of drug-likeness (QED) is 0.849. The van der Waals surface area contributed by atoms with Gasteiger partial charge in [-0.1, -0.05) is 0 Å². The maximum absolute atomic E-state index is 11.5. The van der Waals surface area contributed by atoms with E-state index in [-0.39, 0.29) is 11.7 Å². The normalized spacial score (nSPS) is 22.6. The van der Waals surface area contributed by atoms with Gasteiger partial charge < -0.3 is 9.55 Å². The number of hydrogen-bond donors (Lipinski definition) is 1. The van der Waals surface area contributed by atoms with Gasteiger partial charge in [-0.15, -0.1) is 0 Å². The lowest BCUT2D eigenvalue weighted by molar-refractivity contribution is 0.495. The Bertz CT molecular complexity index is 745. The molecule has 0 saturated carbocycles. The van der Waals surface area contributed by atoms with E-state index in [1.165, 1.54) is 0 Å². The zero-order chi connectivity index (χ0) is 12.8. The van der Waals surface area contributed by atoms with Gasteiger partial charge in [0, 0.05) is 12.7 Å². The number of sulfone groups is 1. The van der Waals surface area contributed by atoms with Gasteiger partial charge in [0.05, 0.1) is 28.7 Å². The van der Waals surface area contributed by atoms with Gasteiger partial charge in [0.15, 0.2) is 14.6 Å². The van der Waals surface area contributed by atoms with Crippen LogP contribution in [0.2, 0.25) is 0 Å². The van der Waals surface area contributed by atoms with Crippen LogP contribution in [0.3, 0.4) is 0 Å². The number of aromatic nitrogens is 3. The highest BCUT2D eigenvalue weighted by atomic mass is 32.2. The average molecular weight is 283 g/mol. The molecule has 0 aromatic carbocycles. The number of H-pyrrole nitrogens is 1. The number of rotatable bonds is 2. The van der Waals surface area contributed by atoms with E-state index in [2.05, 4.69) is 9.97 Å². The van der Waals surface area contributed by atoms with Gasteiger partial charge in [-0.2, -0.15) is 0 Å². The number of nitrogens with zero attached hydrogens (tertiary/aromatic N) is 2. The van der Waals surface area contributed by atoms with Gasteiger partial charge in [-0.25, -0.2) is 8.42 Å². The molecular weight excluding hydrogens is 270 g/mol. The van der Waals surface area contributed by atoms with Crippen molar-refractivity contribution >= 4 is 33.1 Å². The molecule has 1 aliphatic rings. The number of fused-ring (bicyclic) bond motifs is 1. The molecule has 1 N–H and O–H groups in total. The molecule has 3 heterocycles. The van der Waals surface area contributed by atoms with Crippen molar-refractivity contribution in [3.05, 3.63) is 23.2 Å². The monoisotopic (exact) mass is 283 g/mol. The van der Waals surface area contributed by atoms with Gasteiger partial charge in [0.2, 0.25) is 0 Å². The van der Waals surface area contributed by atoms with Crippen LogP contribution < -0.4 is 0 Å². The summed E-state index contributed by atoms with van der Waals surface area (Å²) in [7, 11) is -2.83. The van der Waals surface area contributed by atoms with Crippen LogP contribution in [0, 0.1) is 10.7 Å².